The lowest BCUT2D eigenvalue weighted by atomic mass is 10.1. The third-order valence-corrected chi connectivity index (χ3v) is 4.68. The molecule has 0 saturated carbocycles. The van der Waals surface area contributed by atoms with Crippen LogP contribution in [-0.4, -0.2) is 24.2 Å². The Bertz CT molecular complexity index is 960. The summed E-state index contributed by atoms with van der Waals surface area (Å²) in [5, 5.41) is 3.93. The molecule has 3 aromatic rings. The van der Waals surface area contributed by atoms with E-state index in [-0.39, 0.29) is 5.91 Å². The van der Waals surface area contributed by atoms with Crippen LogP contribution in [0.1, 0.15) is 24.5 Å². The molecule has 1 heterocycles. The molecular weight excluding hydrogens is 340 g/mol. The van der Waals surface area contributed by atoms with Crippen LogP contribution in [0.4, 0.5) is 5.69 Å². The molecule has 0 spiro atoms. The van der Waals surface area contributed by atoms with Crippen molar-refractivity contribution in [2.75, 3.05) is 19.0 Å². The first-order valence-corrected chi connectivity index (χ1v) is 9.13. The van der Waals surface area contributed by atoms with Crippen molar-refractivity contribution in [2.24, 2.45) is 7.05 Å². The summed E-state index contributed by atoms with van der Waals surface area (Å²) in [5.74, 6) is 1.48. The summed E-state index contributed by atoms with van der Waals surface area (Å²) in [5.41, 5.74) is 4.12. The van der Waals surface area contributed by atoms with Gasteiger partial charge < -0.3 is 19.4 Å². The molecule has 1 amide bonds. The average molecular weight is 366 g/mol. The molecule has 1 aromatic heterocycles. The van der Waals surface area contributed by atoms with Gasteiger partial charge >= 0.3 is 0 Å². The summed E-state index contributed by atoms with van der Waals surface area (Å²) in [6.07, 6.45) is 1.71. The summed E-state index contributed by atoms with van der Waals surface area (Å²) < 4.78 is 13.5. The summed E-state index contributed by atoms with van der Waals surface area (Å²) >= 11 is 0. The third kappa shape index (κ3) is 3.92. The van der Waals surface area contributed by atoms with Gasteiger partial charge in [-0.15, -0.1) is 0 Å². The number of hydrogen-bond acceptors (Lipinski definition) is 3. The smallest absolute Gasteiger partial charge is 0.221 e. The van der Waals surface area contributed by atoms with Crippen LogP contribution in [0.3, 0.4) is 0 Å². The molecule has 0 radical (unpaired) electrons. The lowest BCUT2D eigenvalue weighted by molar-refractivity contribution is -0.114. The van der Waals surface area contributed by atoms with Crippen LogP contribution in [0.5, 0.6) is 11.6 Å². The Labute approximate surface area is 159 Å². The number of anilines is 1. The lowest BCUT2D eigenvalue weighted by Crippen LogP contribution is -2.09. The van der Waals surface area contributed by atoms with Crippen molar-refractivity contribution in [3.05, 3.63) is 53.6 Å². The number of benzene rings is 2. The number of ether oxygens (including phenoxy) is 2. The number of carbonyl (C=O) groups is 1. The summed E-state index contributed by atoms with van der Waals surface area (Å²) in [6.45, 7) is 4.12. The monoisotopic (exact) mass is 366 g/mol. The van der Waals surface area contributed by atoms with Gasteiger partial charge in [0.05, 0.1) is 19.2 Å². The van der Waals surface area contributed by atoms with Crippen molar-refractivity contribution < 1.29 is 14.3 Å². The Balaban J connectivity index is 1.79. The van der Waals surface area contributed by atoms with Gasteiger partial charge in [0.2, 0.25) is 11.8 Å². The summed E-state index contributed by atoms with van der Waals surface area (Å²) in [4.78, 5) is 11.7. The zero-order valence-corrected chi connectivity index (χ0v) is 16.3. The van der Waals surface area contributed by atoms with E-state index in [1.54, 1.807) is 7.11 Å². The number of rotatable bonds is 7. The summed E-state index contributed by atoms with van der Waals surface area (Å²) in [6, 6.07) is 14.1. The molecule has 0 aliphatic carbocycles. The third-order valence-electron chi connectivity index (χ3n) is 4.68. The van der Waals surface area contributed by atoms with Gasteiger partial charge in [0.15, 0.2) is 0 Å². The Kier molecular flexibility index (Phi) is 5.69. The van der Waals surface area contributed by atoms with Crippen molar-refractivity contribution in [2.45, 2.75) is 26.7 Å². The molecule has 2 aromatic carbocycles. The minimum absolute atomic E-state index is 0.108. The van der Waals surface area contributed by atoms with E-state index in [0.29, 0.717) is 12.5 Å². The van der Waals surface area contributed by atoms with Gasteiger partial charge in [-0.3, -0.25) is 4.79 Å². The van der Waals surface area contributed by atoms with E-state index >= 15 is 0 Å². The standard InChI is InChI=1S/C22H26N2O3/c1-15-9-7-12-18-20(23-16(2)25)22(24(3)21(15)18)27-14-8-11-17-10-5-6-13-19(17)26-4/h5-7,9-10,12-13H,8,11,14H2,1-4H3,(H,23,25). The van der Waals surface area contributed by atoms with Gasteiger partial charge in [0, 0.05) is 19.4 Å². The number of aryl methyl sites for hydroxylation is 3. The molecule has 0 aliphatic rings. The Morgan fingerprint density at radius 2 is 1.93 bits per heavy atom. The van der Waals surface area contributed by atoms with E-state index < -0.39 is 0 Å². The highest BCUT2D eigenvalue weighted by Gasteiger charge is 2.18. The van der Waals surface area contributed by atoms with Crippen LogP contribution in [0.15, 0.2) is 42.5 Å². The van der Waals surface area contributed by atoms with Crippen molar-refractivity contribution >= 4 is 22.5 Å². The number of amides is 1. The first-order chi connectivity index (χ1) is 13.0. The van der Waals surface area contributed by atoms with Crippen LogP contribution >= 0.6 is 0 Å². The van der Waals surface area contributed by atoms with Gasteiger partial charge in [-0.1, -0.05) is 36.4 Å². The molecule has 5 heteroatoms. The first kappa shape index (κ1) is 18.8. The van der Waals surface area contributed by atoms with Gasteiger partial charge in [0.25, 0.3) is 0 Å². The Morgan fingerprint density at radius 3 is 2.67 bits per heavy atom. The van der Waals surface area contributed by atoms with E-state index in [2.05, 4.69) is 24.4 Å². The number of para-hydroxylation sites is 2. The highest BCUT2D eigenvalue weighted by Crippen LogP contribution is 2.37. The lowest BCUT2D eigenvalue weighted by Gasteiger charge is -2.12. The van der Waals surface area contributed by atoms with Crippen molar-refractivity contribution in [1.82, 2.24) is 4.57 Å². The SMILES string of the molecule is COc1ccccc1CCCOc1c(NC(C)=O)c2cccc(C)c2n1C. The molecule has 0 saturated heterocycles. The van der Waals surface area contributed by atoms with E-state index in [1.165, 1.54) is 12.5 Å². The molecule has 0 aliphatic heterocycles. The molecule has 27 heavy (non-hydrogen) atoms. The van der Waals surface area contributed by atoms with Gasteiger partial charge in [0.1, 0.15) is 11.4 Å². The second kappa shape index (κ2) is 8.16. The number of carbonyl (C=O) groups excluding carboxylic acids is 1. The molecule has 0 unspecified atom stereocenters. The fourth-order valence-electron chi connectivity index (χ4n) is 3.50. The molecule has 142 valence electrons. The van der Waals surface area contributed by atoms with Crippen LogP contribution in [0.2, 0.25) is 0 Å². The maximum Gasteiger partial charge on any atom is 0.221 e. The minimum Gasteiger partial charge on any atom is -0.496 e. The highest BCUT2D eigenvalue weighted by atomic mass is 16.5. The van der Waals surface area contributed by atoms with E-state index in [4.69, 9.17) is 9.47 Å². The summed E-state index contributed by atoms with van der Waals surface area (Å²) in [7, 11) is 3.66. The number of aromatic nitrogens is 1. The molecular formula is C22H26N2O3. The van der Waals surface area contributed by atoms with Crippen LogP contribution < -0.4 is 14.8 Å². The van der Waals surface area contributed by atoms with Crippen molar-refractivity contribution in [3.8, 4) is 11.6 Å². The number of nitrogens with one attached hydrogen (secondary N) is 1. The quantitative estimate of drug-likeness (QED) is 0.628. The number of methoxy groups -OCH3 is 1. The largest absolute Gasteiger partial charge is 0.496 e. The van der Waals surface area contributed by atoms with Crippen molar-refractivity contribution in [3.63, 3.8) is 0 Å². The Morgan fingerprint density at radius 1 is 1.15 bits per heavy atom. The average Bonchev–Trinajstić information content (AvgIpc) is 2.91. The highest BCUT2D eigenvalue weighted by molar-refractivity contribution is 6.05. The number of fused-ring (bicyclic) bond motifs is 1. The molecule has 0 atom stereocenters. The second-order valence-corrected chi connectivity index (χ2v) is 6.66. The maximum atomic E-state index is 11.7. The van der Waals surface area contributed by atoms with E-state index in [0.717, 1.165) is 40.7 Å². The fraction of sp³-hybridized carbons (Fsp3) is 0.318. The number of hydrogen-bond donors (Lipinski definition) is 1. The predicted molar refractivity (Wildman–Crippen MR) is 109 cm³/mol. The van der Waals surface area contributed by atoms with Gasteiger partial charge in [-0.2, -0.15) is 0 Å². The van der Waals surface area contributed by atoms with Gasteiger partial charge in [-0.05, 0) is 37.0 Å². The zero-order chi connectivity index (χ0) is 19.4. The fourth-order valence-corrected chi connectivity index (χ4v) is 3.50. The van der Waals surface area contributed by atoms with E-state index in [1.807, 2.05) is 41.9 Å². The predicted octanol–water partition coefficient (Wildman–Crippen LogP) is 4.47. The zero-order valence-electron chi connectivity index (χ0n) is 16.3. The molecule has 5 nitrogen and oxygen atoms in total. The second-order valence-electron chi connectivity index (χ2n) is 6.66. The van der Waals surface area contributed by atoms with Crippen molar-refractivity contribution in [1.29, 1.82) is 0 Å². The maximum absolute atomic E-state index is 11.7. The topological polar surface area (TPSA) is 52.5 Å². The molecule has 1 N–H and O–H groups in total. The van der Waals surface area contributed by atoms with E-state index in [9.17, 15) is 4.79 Å². The Hall–Kier alpha value is -2.95. The molecule has 3 rings (SSSR count). The first-order valence-electron chi connectivity index (χ1n) is 9.13. The van der Waals surface area contributed by atoms with Crippen LogP contribution in [0, 0.1) is 6.92 Å². The van der Waals surface area contributed by atoms with Crippen LogP contribution in [0.25, 0.3) is 10.9 Å². The van der Waals surface area contributed by atoms with Gasteiger partial charge in [-0.25, -0.2) is 0 Å². The normalized spacial score (nSPS) is 10.8. The molecule has 0 fully saturated rings. The number of nitrogens with zero attached hydrogens (tertiary/aromatic N) is 1. The molecule has 0 bridgehead atoms. The van der Waals surface area contributed by atoms with Crippen LogP contribution in [-0.2, 0) is 18.3 Å². The minimum atomic E-state index is -0.108.